The van der Waals surface area contributed by atoms with E-state index in [1.54, 1.807) is 0 Å². The number of piperidine rings is 1. The molecule has 0 aromatic carbocycles. The zero-order valence-electron chi connectivity index (χ0n) is 11.6. The van der Waals surface area contributed by atoms with Crippen molar-refractivity contribution < 1.29 is 0 Å². The molecule has 1 heterocycles. The predicted octanol–water partition coefficient (Wildman–Crippen LogP) is 3.79. The number of nitrogens with zero attached hydrogens (tertiary/aromatic N) is 1. The van der Waals surface area contributed by atoms with Crippen LogP contribution in [0.15, 0.2) is 0 Å². The molecule has 0 amide bonds. The Kier molecular flexibility index (Phi) is 15.3. The first-order chi connectivity index (χ1) is 7.24. The minimum absolute atomic E-state index is 0.682. The van der Waals surface area contributed by atoms with Crippen molar-refractivity contribution in [1.29, 1.82) is 0 Å². The van der Waals surface area contributed by atoms with Gasteiger partial charge in [-0.2, -0.15) is 0 Å². The second-order valence-electron chi connectivity index (χ2n) is 3.68. The molecule has 1 aliphatic rings. The fraction of sp³-hybridized carbons (Fsp3) is 0.857. The normalized spacial score (nSPS) is 16.1. The molecule has 1 aliphatic heterocycles. The third kappa shape index (κ3) is 11.4. The van der Waals surface area contributed by atoms with Crippen molar-refractivity contribution in [2.24, 2.45) is 5.92 Å². The Bertz CT molecular complexity index is 156. The smallest absolute Gasteiger partial charge is 0.0227 e. The molecule has 90 valence electrons. The van der Waals surface area contributed by atoms with E-state index in [0.717, 1.165) is 0 Å². The van der Waals surface area contributed by atoms with Gasteiger partial charge >= 0.3 is 0 Å². The van der Waals surface area contributed by atoms with Gasteiger partial charge in [-0.25, -0.2) is 0 Å². The molecule has 0 saturated carbocycles. The summed E-state index contributed by atoms with van der Waals surface area (Å²) in [6, 6.07) is 0. The monoisotopic (exact) mass is 211 g/mol. The Morgan fingerprint density at radius 2 is 1.53 bits per heavy atom. The van der Waals surface area contributed by atoms with Crippen molar-refractivity contribution in [2.75, 3.05) is 20.1 Å². The molecule has 15 heavy (non-hydrogen) atoms. The fourth-order valence-electron chi connectivity index (χ4n) is 1.36. The minimum atomic E-state index is 0.682. The van der Waals surface area contributed by atoms with Crippen molar-refractivity contribution >= 4 is 0 Å². The van der Waals surface area contributed by atoms with Crippen LogP contribution in [0.25, 0.3) is 0 Å². The maximum Gasteiger partial charge on any atom is 0.0227 e. The van der Waals surface area contributed by atoms with Gasteiger partial charge in [0.05, 0.1) is 0 Å². The van der Waals surface area contributed by atoms with Crippen LogP contribution in [0, 0.1) is 17.8 Å². The second-order valence-corrected chi connectivity index (χ2v) is 3.68. The van der Waals surface area contributed by atoms with E-state index in [9.17, 15) is 0 Å². The van der Waals surface area contributed by atoms with E-state index in [-0.39, 0.29) is 0 Å². The van der Waals surface area contributed by atoms with Crippen molar-refractivity contribution in [3.8, 4) is 11.8 Å². The van der Waals surface area contributed by atoms with Crippen LogP contribution in [0.1, 0.15) is 53.9 Å². The highest BCUT2D eigenvalue weighted by Gasteiger charge is 2.13. The molecule has 0 bridgehead atoms. The summed E-state index contributed by atoms with van der Waals surface area (Å²) in [4.78, 5) is 2.37. The summed E-state index contributed by atoms with van der Waals surface area (Å²) in [5.74, 6) is 6.89. The van der Waals surface area contributed by atoms with E-state index in [2.05, 4.69) is 37.6 Å². The second kappa shape index (κ2) is 13.5. The van der Waals surface area contributed by atoms with Gasteiger partial charge in [-0.05, 0) is 39.9 Å². The molecule has 0 aromatic heterocycles. The summed E-state index contributed by atoms with van der Waals surface area (Å²) < 4.78 is 0. The summed E-state index contributed by atoms with van der Waals surface area (Å²) in [5.41, 5.74) is 0. The van der Waals surface area contributed by atoms with Gasteiger partial charge in [-0.15, -0.1) is 11.8 Å². The van der Waals surface area contributed by atoms with Gasteiger partial charge in [0.1, 0.15) is 0 Å². The van der Waals surface area contributed by atoms with Gasteiger partial charge in [0.2, 0.25) is 0 Å². The van der Waals surface area contributed by atoms with Gasteiger partial charge in [0.15, 0.2) is 0 Å². The summed E-state index contributed by atoms with van der Waals surface area (Å²) in [5, 5.41) is 0. The number of likely N-dealkylation sites (tertiary alicyclic amines) is 1. The highest BCUT2D eigenvalue weighted by molar-refractivity contribution is 5.02. The average molecular weight is 211 g/mol. The summed E-state index contributed by atoms with van der Waals surface area (Å²) in [6.45, 7) is 12.6. The molecule has 0 N–H and O–H groups in total. The van der Waals surface area contributed by atoms with E-state index in [0.29, 0.717) is 5.92 Å². The fourth-order valence-corrected chi connectivity index (χ4v) is 1.36. The van der Waals surface area contributed by atoms with E-state index in [1.807, 2.05) is 20.8 Å². The lowest BCUT2D eigenvalue weighted by Gasteiger charge is -2.25. The highest BCUT2D eigenvalue weighted by atomic mass is 15.1. The Morgan fingerprint density at radius 3 is 1.87 bits per heavy atom. The molecule has 1 nitrogen and oxygen atoms in total. The van der Waals surface area contributed by atoms with Crippen LogP contribution in [-0.2, 0) is 0 Å². The van der Waals surface area contributed by atoms with Crippen LogP contribution in [0.5, 0.6) is 0 Å². The van der Waals surface area contributed by atoms with Crippen LogP contribution < -0.4 is 0 Å². The standard InChI is InChI=1S/C9H15N.C3H8.C2H6/c1-3-4-9-5-7-10(2)8-6-9;1-3-2;1-2/h9H,5-8H2,1-2H3;3H2,1-2H3;1-2H3. The average Bonchev–Trinajstić information content (AvgIpc) is 2.26. The lowest BCUT2D eigenvalue weighted by Crippen LogP contribution is -2.29. The molecule has 0 spiro atoms. The lowest BCUT2D eigenvalue weighted by molar-refractivity contribution is 0.248. The maximum atomic E-state index is 3.23. The van der Waals surface area contributed by atoms with E-state index in [1.165, 1.54) is 32.4 Å². The van der Waals surface area contributed by atoms with Crippen LogP contribution in [0.4, 0.5) is 0 Å². The van der Waals surface area contributed by atoms with Crippen LogP contribution in [-0.4, -0.2) is 25.0 Å². The molecule has 1 rings (SSSR count). The number of hydrogen-bond donors (Lipinski definition) is 0. The third-order valence-electron chi connectivity index (χ3n) is 2.07. The Labute approximate surface area is 97.2 Å². The predicted molar refractivity (Wildman–Crippen MR) is 71.0 cm³/mol. The topological polar surface area (TPSA) is 3.24 Å². The highest BCUT2D eigenvalue weighted by Crippen LogP contribution is 2.14. The van der Waals surface area contributed by atoms with Gasteiger partial charge in [-0.3, -0.25) is 0 Å². The number of hydrogen-bond acceptors (Lipinski definition) is 1. The molecule has 0 aromatic rings. The van der Waals surface area contributed by atoms with Crippen molar-refractivity contribution in [2.45, 2.75) is 53.9 Å². The Balaban J connectivity index is 0. The molecular weight excluding hydrogens is 182 g/mol. The molecule has 0 radical (unpaired) electrons. The van der Waals surface area contributed by atoms with Gasteiger partial charge in [0.25, 0.3) is 0 Å². The molecular formula is C14H29N. The molecule has 0 atom stereocenters. The summed E-state index contributed by atoms with van der Waals surface area (Å²) in [7, 11) is 2.18. The molecule has 1 saturated heterocycles. The van der Waals surface area contributed by atoms with E-state index >= 15 is 0 Å². The van der Waals surface area contributed by atoms with E-state index in [4.69, 9.17) is 0 Å². The summed E-state index contributed by atoms with van der Waals surface area (Å²) in [6.07, 6.45) is 3.77. The molecule has 1 heteroatoms. The quantitative estimate of drug-likeness (QED) is 0.551. The first-order valence-electron chi connectivity index (χ1n) is 6.35. The largest absolute Gasteiger partial charge is 0.306 e. The number of rotatable bonds is 0. The van der Waals surface area contributed by atoms with Crippen LogP contribution in [0.2, 0.25) is 0 Å². The van der Waals surface area contributed by atoms with Gasteiger partial charge in [-0.1, -0.05) is 34.1 Å². The zero-order chi connectivity index (χ0) is 12.1. The minimum Gasteiger partial charge on any atom is -0.306 e. The van der Waals surface area contributed by atoms with Crippen LogP contribution in [0.3, 0.4) is 0 Å². The van der Waals surface area contributed by atoms with Crippen molar-refractivity contribution in [3.63, 3.8) is 0 Å². The Hall–Kier alpha value is -0.480. The van der Waals surface area contributed by atoms with E-state index < -0.39 is 0 Å². The van der Waals surface area contributed by atoms with Crippen molar-refractivity contribution in [1.82, 2.24) is 4.90 Å². The summed E-state index contributed by atoms with van der Waals surface area (Å²) >= 11 is 0. The van der Waals surface area contributed by atoms with Crippen molar-refractivity contribution in [3.05, 3.63) is 0 Å². The first kappa shape index (κ1) is 16.9. The molecule has 0 unspecified atom stereocenters. The Morgan fingerprint density at radius 1 is 1.13 bits per heavy atom. The lowest BCUT2D eigenvalue weighted by atomic mass is 9.98. The van der Waals surface area contributed by atoms with Crippen LogP contribution >= 0.6 is 0 Å². The van der Waals surface area contributed by atoms with Gasteiger partial charge in [0, 0.05) is 5.92 Å². The first-order valence-corrected chi connectivity index (χ1v) is 6.35. The van der Waals surface area contributed by atoms with Gasteiger partial charge < -0.3 is 4.90 Å². The molecule has 0 aliphatic carbocycles. The zero-order valence-corrected chi connectivity index (χ0v) is 11.6. The molecule has 1 fully saturated rings. The third-order valence-corrected chi connectivity index (χ3v) is 2.07. The maximum absolute atomic E-state index is 3.23. The SMILES string of the molecule is CC.CC#CC1CCN(C)CC1.CCC.